The van der Waals surface area contributed by atoms with Crippen LogP contribution in [0.1, 0.15) is 67.2 Å². The molecule has 1 fully saturated rings. The van der Waals surface area contributed by atoms with Gasteiger partial charge in [-0.2, -0.15) is 0 Å². The lowest BCUT2D eigenvalue weighted by Crippen LogP contribution is -2.33. The first-order chi connectivity index (χ1) is 14.4. The van der Waals surface area contributed by atoms with Crippen LogP contribution in [0.5, 0.6) is 0 Å². The monoisotopic (exact) mass is 406 g/mol. The highest BCUT2D eigenvalue weighted by molar-refractivity contribution is 5.97. The molecule has 30 heavy (non-hydrogen) atoms. The summed E-state index contributed by atoms with van der Waals surface area (Å²) < 4.78 is 1.52. The second kappa shape index (κ2) is 7.89. The van der Waals surface area contributed by atoms with E-state index < -0.39 is 11.2 Å². The molecule has 0 aliphatic heterocycles. The molecule has 4 rings (SSSR count). The van der Waals surface area contributed by atoms with Gasteiger partial charge < -0.3 is 5.32 Å². The Hall–Kier alpha value is -3.22. The zero-order valence-corrected chi connectivity index (χ0v) is 17.4. The standard InChI is InChI=1S/C23H26N4O3/c1-4-14-5-7-15(8-6-14)19(13(2)3)25-21(28)16-11-18-20(24-12-16)27(17-9-10-17)23(30)26-22(18)29/h5-8,11-13,17,19H,4,9-10H2,1-3H3,(H,25,28)(H,26,29,30). The maximum Gasteiger partial charge on any atom is 0.330 e. The average molecular weight is 406 g/mol. The number of aryl methyl sites for hydroxylation is 1. The Kier molecular flexibility index (Phi) is 5.28. The van der Waals surface area contributed by atoms with Crippen molar-refractivity contribution in [2.24, 2.45) is 5.92 Å². The van der Waals surface area contributed by atoms with Gasteiger partial charge in [0.1, 0.15) is 5.65 Å². The van der Waals surface area contributed by atoms with Crippen molar-refractivity contribution in [3.05, 3.63) is 74.1 Å². The van der Waals surface area contributed by atoms with Gasteiger partial charge in [0.25, 0.3) is 11.5 Å². The van der Waals surface area contributed by atoms with Crippen LogP contribution >= 0.6 is 0 Å². The quantitative estimate of drug-likeness (QED) is 0.657. The van der Waals surface area contributed by atoms with E-state index in [1.807, 2.05) is 12.1 Å². The van der Waals surface area contributed by atoms with Crippen LogP contribution in [0.2, 0.25) is 0 Å². The Bertz CT molecular complexity index is 1200. The van der Waals surface area contributed by atoms with Gasteiger partial charge in [-0.25, -0.2) is 9.78 Å². The van der Waals surface area contributed by atoms with Crippen molar-refractivity contribution in [1.82, 2.24) is 19.9 Å². The molecule has 0 radical (unpaired) electrons. The second-order valence-corrected chi connectivity index (χ2v) is 8.25. The molecule has 2 aromatic heterocycles. The minimum atomic E-state index is -0.524. The van der Waals surface area contributed by atoms with Crippen molar-refractivity contribution >= 4 is 16.9 Å². The summed E-state index contributed by atoms with van der Waals surface area (Å²) in [5.74, 6) is -0.121. The van der Waals surface area contributed by atoms with Crippen LogP contribution in [0.25, 0.3) is 11.0 Å². The van der Waals surface area contributed by atoms with Gasteiger partial charge in [0.05, 0.1) is 17.0 Å². The summed E-state index contributed by atoms with van der Waals surface area (Å²) in [5, 5.41) is 3.32. The smallest absolute Gasteiger partial charge is 0.330 e. The molecule has 1 aliphatic rings. The zero-order chi connectivity index (χ0) is 21.4. The lowest BCUT2D eigenvalue weighted by atomic mass is 9.94. The molecule has 1 unspecified atom stereocenters. The number of hydrogen-bond donors (Lipinski definition) is 2. The van der Waals surface area contributed by atoms with Gasteiger partial charge in [0.15, 0.2) is 0 Å². The molecule has 1 atom stereocenters. The average Bonchev–Trinajstić information content (AvgIpc) is 3.56. The first kappa shape index (κ1) is 20.1. The topological polar surface area (TPSA) is 96.8 Å². The van der Waals surface area contributed by atoms with Crippen LogP contribution in [0.4, 0.5) is 0 Å². The third kappa shape index (κ3) is 3.79. The van der Waals surface area contributed by atoms with Gasteiger partial charge in [-0.15, -0.1) is 0 Å². The third-order valence-corrected chi connectivity index (χ3v) is 5.65. The highest BCUT2D eigenvalue weighted by Crippen LogP contribution is 2.34. The second-order valence-electron chi connectivity index (χ2n) is 8.25. The number of hydrogen-bond acceptors (Lipinski definition) is 4. The van der Waals surface area contributed by atoms with Crippen molar-refractivity contribution in [1.29, 1.82) is 0 Å². The van der Waals surface area contributed by atoms with Gasteiger partial charge >= 0.3 is 5.69 Å². The van der Waals surface area contributed by atoms with E-state index in [9.17, 15) is 14.4 Å². The van der Waals surface area contributed by atoms with Crippen molar-refractivity contribution < 1.29 is 4.79 Å². The minimum absolute atomic E-state index is 0.0699. The third-order valence-electron chi connectivity index (χ3n) is 5.65. The molecule has 156 valence electrons. The van der Waals surface area contributed by atoms with Crippen LogP contribution < -0.4 is 16.6 Å². The molecule has 1 aliphatic carbocycles. The Morgan fingerprint density at radius 3 is 2.53 bits per heavy atom. The Morgan fingerprint density at radius 1 is 1.23 bits per heavy atom. The van der Waals surface area contributed by atoms with E-state index in [4.69, 9.17) is 0 Å². The summed E-state index contributed by atoms with van der Waals surface area (Å²) in [4.78, 5) is 44.1. The summed E-state index contributed by atoms with van der Waals surface area (Å²) in [6.45, 7) is 6.21. The van der Waals surface area contributed by atoms with Gasteiger partial charge in [0.2, 0.25) is 0 Å². The van der Waals surface area contributed by atoms with Gasteiger partial charge in [-0.05, 0) is 42.4 Å². The molecular formula is C23H26N4O3. The molecule has 2 N–H and O–H groups in total. The number of H-pyrrole nitrogens is 1. The van der Waals surface area contributed by atoms with Crippen molar-refractivity contribution in [3.63, 3.8) is 0 Å². The van der Waals surface area contributed by atoms with E-state index in [1.54, 1.807) is 0 Å². The molecular weight excluding hydrogens is 380 g/mol. The van der Waals surface area contributed by atoms with Crippen molar-refractivity contribution in [3.8, 4) is 0 Å². The normalized spacial score (nSPS) is 14.8. The largest absolute Gasteiger partial charge is 0.345 e. The Morgan fingerprint density at radius 2 is 1.93 bits per heavy atom. The summed E-state index contributed by atoms with van der Waals surface area (Å²) in [7, 11) is 0. The molecule has 1 aromatic carbocycles. The van der Waals surface area contributed by atoms with Crippen LogP contribution in [0.3, 0.4) is 0 Å². The molecule has 0 spiro atoms. The number of carbonyl (C=O) groups excluding carboxylic acids is 1. The number of nitrogens with one attached hydrogen (secondary N) is 2. The lowest BCUT2D eigenvalue weighted by Gasteiger charge is -2.23. The minimum Gasteiger partial charge on any atom is -0.345 e. The number of fused-ring (bicyclic) bond motifs is 1. The molecule has 2 heterocycles. The first-order valence-corrected chi connectivity index (χ1v) is 10.4. The number of pyridine rings is 1. The van der Waals surface area contributed by atoms with Crippen molar-refractivity contribution in [2.45, 2.75) is 52.1 Å². The number of nitrogens with zero attached hydrogens (tertiary/aromatic N) is 2. The number of benzene rings is 1. The molecule has 0 bridgehead atoms. The van der Waals surface area contributed by atoms with E-state index in [1.165, 1.54) is 22.4 Å². The van der Waals surface area contributed by atoms with E-state index in [0.717, 1.165) is 24.8 Å². The predicted molar refractivity (Wildman–Crippen MR) is 116 cm³/mol. The lowest BCUT2D eigenvalue weighted by molar-refractivity contribution is 0.0925. The fourth-order valence-electron chi connectivity index (χ4n) is 3.75. The summed E-state index contributed by atoms with van der Waals surface area (Å²) in [6.07, 6.45) is 4.17. The molecule has 3 aromatic rings. The number of aromatic nitrogens is 3. The van der Waals surface area contributed by atoms with Gasteiger partial charge in [-0.1, -0.05) is 45.0 Å². The number of rotatable bonds is 6. The summed E-state index contributed by atoms with van der Waals surface area (Å²) in [5.41, 5.74) is 1.93. The van der Waals surface area contributed by atoms with Gasteiger partial charge in [0, 0.05) is 12.2 Å². The Balaban J connectivity index is 1.66. The summed E-state index contributed by atoms with van der Waals surface area (Å²) >= 11 is 0. The van der Waals surface area contributed by atoms with Crippen molar-refractivity contribution in [2.75, 3.05) is 0 Å². The van der Waals surface area contributed by atoms with E-state index in [2.05, 4.69) is 48.2 Å². The maximum absolute atomic E-state index is 13.0. The SMILES string of the molecule is CCc1ccc(C(NC(=O)c2cnc3c(c2)c(=O)[nH]c(=O)n3C2CC2)C(C)C)cc1. The zero-order valence-electron chi connectivity index (χ0n) is 17.4. The highest BCUT2D eigenvalue weighted by atomic mass is 16.2. The molecule has 7 nitrogen and oxygen atoms in total. The highest BCUT2D eigenvalue weighted by Gasteiger charge is 2.28. The van der Waals surface area contributed by atoms with Crippen LogP contribution in [0, 0.1) is 5.92 Å². The molecule has 1 amide bonds. The summed E-state index contributed by atoms with van der Waals surface area (Å²) in [6, 6.07) is 9.66. The van der Waals surface area contributed by atoms with Crippen LogP contribution in [-0.4, -0.2) is 20.4 Å². The number of aromatic amines is 1. The maximum atomic E-state index is 13.0. The number of carbonyl (C=O) groups is 1. The fraction of sp³-hybridized carbons (Fsp3) is 0.391. The van der Waals surface area contributed by atoms with Gasteiger partial charge in [-0.3, -0.25) is 19.1 Å². The molecule has 0 saturated heterocycles. The first-order valence-electron chi connectivity index (χ1n) is 10.4. The van der Waals surface area contributed by atoms with E-state index in [0.29, 0.717) is 11.2 Å². The Labute approximate surface area is 174 Å². The predicted octanol–water partition coefficient (Wildman–Crippen LogP) is 3.11. The molecule has 1 saturated carbocycles. The van der Waals surface area contributed by atoms with Crippen LogP contribution in [0.15, 0.2) is 46.1 Å². The van der Waals surface area contributed by atoms with E-state index >= 15 is 0 Å². The number of amides is 1. The van der Waals surface area contributed by atoms with Crippen LogP contribution in [-0.2, 0) is 6.42 Å². The fourth-order valence-corrected chi connectivity index (χ4v) is 3.75. The van der Waals surface area contributed by atoms with E-state index in [-0.39, 0.29) is 29.3 Å². The molecule has 7 heteroatoms.